The van der Waals surface area contributed by atoms with Crippen molar-refractivity contribution in [2.24, 2.45) is 11.8 Å². The molecule has 0 atom stereocenters. The van der Waals surface area contributed by atoms with Crippen molar-refractivity contribution in [2.75, 3.05) is 19.6 Å². The van der Waals surface area contributed by atoms with Gasteiger partial charge in [-0.05, 0) is 49.7 Å². The highest BCUT2D eigenvalue weighted by atomic mass is 16.2. The van der Waals surface area contributed by atoms with Gasteiger partial charge in [0.05, 0.1) is 10.9 Å². The summed E-state index contributed by atoms with van der Waals surface area (Å²) in [6.07, 6.45) is 7.19. The number of carbonyl (C=O) groups is 2. The number of likely N-dealkylation sites (tertiary alicyclic amines) is 1. The number of rotatable bonds is 5. The van der Waals surface area contributed by atoms with Gasteiger partial charge in [0.1, 0.15) is 0 Å². The molecule has 1 aromatic heterocycles. The first-order chi connectivity index (χ1) is 14.1. The molecule has 4 rings (SSSR count). The molecule has 7 nitrogen and oxygen atoms in total. The molecule has 0 unspecified atom stereocenters. The van der Waals surface area contributed by atoms with Crippen molar-refractivity contribution in [3.8, 4) is 0 Å². The summed E-state index contributed by atoms with van der Waals surface area (Å²) in [5.74, 6) is 0.961. The fraction of sp³-hybridized carbons (Fsp3) is 0.545. The highest BCUT2D eigenvalue weighted by molar-refractivity contribution is 5.92. The second kappa shape index (κ2) is 8.76. The Hall–Kier alpha value is -2.70. The summed E-state index contributed by atoms with van der Waals surface area (Å²) >= 11 is 0. The third-order valence-electron chi connectivity index (χ3n) is 6.25. The molecule has 7 heteroatoms. The van der Waals surface area contributed by atoms with Crippen molar-refractivity contribution in [1.82, 2.24) is 20.2 Å². The van der Waals surface area contributed by atoms with E-state index in [0.29, 0.717) is 48.8 Å². The SMILES string of the molecule is O=C(CC1CCCC1)NCC1CCN(C(=O)c2nc3ccccc3c(=O)[nH]2)CC1. The predicted molar refractivity (Wildman–Crippen MR) is 111 cm³/mol. The minimum absolute atomic E-state index is 0.0945. The molecule has 2 aliphatic rings. The van der Waals surface area contributed by atoms with Crippen LogP contribution in [-0.4, -0.2) is 46.3 Å². The van der Waals surface area contributed by atoms with Gasteiger partial charge in [0.15, 0.2) is 5.82 Å². The van der Waals surface area contributed by atoms with Gasteiger partial charge >= 0.3 is 0 Å². The monoisotopic (exact) mass is 396 g/mol. The van der Waals surface area contributed by atoms with Gasteiger partial charge in [-0.25, -0.2) is 4.98 Å². The van der Waals surface area contributed by atoms with E-state index >= 15 is 0 Å². The summed E-state index contributed by atoms with van der Waals surface area (Å²) in [6.45, 7) is 1.90. The lowest BCUT2D eigenvalue weighted by Crippen LogP contribution is -2.42. The fourth-order valence-electron chi connectivity index (χ4n) is 4.48. The fourth-order valence-corrected chi connectivity index (χ4v) is 4.48. The first-order valence-corrected chi connectivity index (χ1v) is 10.6. The Morgan fingerprint density at radius 1 is 1.07 bits per heavy atom. The maximum atomic E-state index is 12.8. The number of carbonyl (C=O) groups excluding carboxylic acids is 2. The van der Waals surface area contributed by atoms with Crippen molar-refractivity contribution in [1.29, 1.82) is 0 Å². The van der Waals surface area contributed by atoms with Crippen LogP contribution >= 0.6 is 0 Å². The van der Waals surface area contributed by atoms with Gasteiger partial charge in [-0.3, -0.25) is 14.4 Å². The van der Waals surface area contributed by atoms with E-state index in [0.717, 1.165) is 12.8 Å². The minimum Gasteiger partial charge on any atom is -0.356 e. The summed E-state index contributed by atoms with van der Waals surface area (Å²) in [7, 11) is 0. The van der Waals surface area contributed by atoms with E-state index in [2.05, 4.69) is 15.3 Å². The van der Waals surface area contributed by atoms with Crippen LogP contribution in [0.15, 0.2) is 29.1 Å². The third kappa shape index (κ3) is 4.66. The molecule has 1 aliphatic heterocycles. The van der Waals surface area contributed by atoms with E-state index in [1.54, 1.807) is 29.2 Å². The standard InChI is InChI=1S/C22H28N4O3/c27-19(13-15-5-1-2-6-15)23-14-16-9-11-26(12-10-16)22(29)20-24-18-8-4-3-7-17(18)21(28)25-20/h3-4,7-8,15-16H,1-2,5-6,9-14H2,(H,23,27)(H,24,25,28). The molecule has 2 N–H and O–H groups in total. The van der Waals surface area contributed by atoms with Crippen molar-refractivity contribution >= 4 is 22.7 Å². The number of benzene rings is 1. The van der Waals surface area contributed by atoms with Gasteiger partial charge in [-0.1, -0.05) is 25.0 Å². The zero-order chi connectivity index (χ0) is 20.2. The number of fused-ring (bicyclic) bond motifs is 1. The van der Waals surface area contributed by atoms with Crippen LogP contribution in [0.3, 0.4) is 0 Å². The van der Waals surface area contributed by atoms with Crippen molar-refractivity contribution in [2.45, 2.75) is 44.9 Å². The molecule has 1 saturated heterocycles. The van der Waals surface area contributed by atoms with Crippen LogP contribution in [0.1, 0.15) is 55.6 Å². The molecule has 154 valence electrons. The highest BCUT2D eigenvalue weighted by Crippen LogP contribution is 2.27. The molecule has 2 heterocycles. The van der Waals surface area contributed by atoms with Crippen LogP contribution in [0.5, 0.6) is 0 Å². The van der Waals surface area contributed by atoms with Crippen LogP contribution in [0.4, 0.5) is 0 Å². The number of H-pyrrole nitrogens is 1. The molecule has 2 fully saturated rings. The zero-order valence-electron chi connectivity index (χ0n) is 16.7. The molecular weight excluding hydrogens is 368 g/mol. The lowest BCUT2D eigenvalue weighted by atomic mass is 9.96. The molecule has 0 radical (unpaired) electrons. The quantitative estimate of drug-likeness (QED) is 0.812. The van der Waals surface area contributed by atoms with Gasteiger partial charge in [-0.15, -0.1) is 0 Å². The number of hydrogen-bond acceptors (Lipinski definition) is 4. The maximum absolute atomic E-state index is 12.8. The molecule has 2 amide bonds. The Morgan fingerprint density at radius 2 is 1.79 bits per heavy atom. The van der Waals surface area contributed by atoms with Crippen molar-refractivity contribution in [3.05, 3.63) is 40.4 Å². The Balaban J connectivity index is 1.28. The van der Waals surface area contributed by atoms with E-state index in [9.17, 15) is 14.4 Å². The Labute approximate surface area is 169 Å². The smallest absolute Gasteiger partial charge is 0.289 e. The number of hydrogen-bond donors (Lipinski definition) is 2. The second-order valence-corrected chi connectivity index (χ2v) is 8.33. The summed E-state index contributed by atoms with van der Waals surface area (Å²) in [4.78, 5) is 45.8. The number of piperidine rings is 1. The second-order valence-electron chi connectivity index (χ2n) is 8.33. The molecular formula is C22H28N4O3. The van der Waals surface area contributed by atoms with E-state index in [1.807, 2.05) is 0 Å². The Morgan fingerprint density at radius 3 is 2.55 bits per heavy atom. The molecule has 1 aromatic carbocycles. The average Bonchev–Trinajstić information content (AvgIpc) is 3.25. The number of aromatic nitrogens is 2. The van der Waals surface area contributed by atoms with Gasteiger partial charge in [-0.2, -0.15) is 0 Å². The van der Waals surface area contributed by atoms with Crippen LogP contribution < -0.4 is 10.9 Å². The average molecular weight is 396 g/mol. The van der Waals surface area contributed by atoms with Gasteiger partial charge < -0.3 is 15.2 Å². The zero-order valence-corrected chi connectivity index (χ0v) is 16.7. The predicted octanol–water partition coefficient (Wildman–Crippen LogP) is 2.47. The van der Waals surface area contributed by atoms with Gasteiger partial charge in [0, 0.05) is 26.1 Å². The molecule has 0 spiro atoms. The van der Waals surface area contributed by atoms with Gasteiger partial charge in [0.25, 0.3) is 11.5 Å². The minimum atomic E-state index is -0.293. The normalized spacial score (nSPS) is 18.3. The van der Waals surface area contributed by atoms with Gasteiger partial charge in [0.2, 0.25) is 5.91 Å². The maximum Gasteiger partial charge on any atom is 0.289 e. The number of para-hydroxylation sites is 1. The molecule has 2 aromatic rings. The molecule has 1 saturated carbocycles. The summed E-state index contributed by atoms with van der Waals surface area (Å²) in [5, 5.41) is 3.56. The third-order valence-corrected chi connectivity index (χ3v) is 6.25. The first-order valence-electron chi connectivity index (χ1n) is 10.6. The lowest BCUT2D eigenvalue weighted by molar-refractivity contribution is -0.122. The van der Waals surface area contributed by atoms with Crippen molar-refractivity contribution < 1.29 is 9.59 Å². The molecule has 0 bridgehead atoms. The number of nitrogens with one attached hydrogen (secondary N) is 2. The van der Waals surface area contributed by atoms with E-state index in [-0.39, 0.29) is 23.2 Å². The Bertz CT molecular complexity index is 940. The molecule has 1 aliphatic carbocycles. The number of amides is 2. The number of nitrogens with zero attached hydrogens (tertiary/aromatic N) is 2. The number of aromatic amines is 1. The van der Waals surface area contributed by atoms with Crippen LogP contribution in [0.25, 0.3) is 10.9 Å². The largest absolute Gasteiger partial charge is 0.356 e. The highest BCUT2D eigenvalue weighted by Gasteiger charge is 2.26. The van der Waals surface area contributed by atoms with Crippen LogP contribution in [0.2, 0.25) is 0 Å². The Kier molecular flexibility index (Phi) is 5.92. The summed E-state index contributed by atoms with van der Waals surface area (Å²) < 4.78 is 0. The molecule has 29 heavy (non-hydrogen) atoms. The lowest BCUT2D eigenvalue weighted by Gasteiger charge is -2.31. The van der Waals surface area contributed by atoms with Crippen molar-refractivity contribution in [3.63, 3.8) is 0 Å². The van der Waals surface area contributed by atoms with E-state index < -0.39 is 0 Å². The van der Waals surface area contributed by atoms with Crippen LogP contribution in [-0.2, 0) is 4.79 Å². The van der Waals surface area contributed by atoms with E-state index in [4.69, 9.17) is 0 Å². The van der Waals surface area contributed by atoms with Crippen LogP contribution in [0, 0.1) is 11.8 Å². The summed E-state index contributed by atoms with van der Waals surface area (Å²) in [6, 6.07) is 7.01. The van der Waals surface area contributed by atoms with E-state index in [1.165, 1.54) is 25.7 Å². The summed E-state index contributed by atoms with van der Waals surface area (Å²) in [5.41, 5.74) is 0.235. The topological polar surface area (TPSA) is 95.2 Å². The first kappa shape index (κ1) is 19.6.